The number of aromatic hydroxyl groups is 2. The van der Waals surface area contributed by atoms with E-state index in [1.54, 1.807) is 18.2 Å². The first-order chi connectivity index (χ1) is 7.99. The van der Waals surface area contributed by atoms with Gasteiger partial charge in [0.1, 0.15) is 11.6 Å². The summed E-state index contributed by atoms with van der Waals surface area (Å²) in [5.74, 6) is -1.94. The number of benzene rings is 2. The molecule has 0 aliphatic rings. The minimum absolute atomic E-state index is 0.213. The fourth-order valence-corrected chi connectivity index (χ4v) is 1.01. The molecule has 0 fully saturated rings. The molecule has 3 nitrogen and oxygen atoms in total. The Morgan fingerprint density at radius 3 is 2.06 bits per heavy atom. The van der Waals surface area contributed by atoms with Gasteiger partial charge in [0, 0.05) is 17.8 Å². The number of hydrogen-bond acceptors (Lipinski definition) is 3. The highest BCUT2D eigenvalue weighted by Gasteiger charge is 1.98. The molecular weight excluding hydrogens is 228 g/mol. The molecule has 5 heteroatoms. The first-order valence-electron chi connectivity index (χ1n) is 4.67. The van der Waals surface area contributed by atoms with Crippen LogP contribution in [-0.4, -0.2) is 10.2 Å². The standard InChI is InChI=1S/C6H4F2O.C6H7NO/c7-4-1-2-6(9)5(8)3-4;7-5-2-1-3-6(8)4-5/h1-3,9H;1-4,8H,7H2. The molecule has 0 bridgehead atoms. The van der Waals surface area contributed by atoms with E-state index in [1.807, 2.05) is 0 Å². The first kappa shape index (κ1) is 12.8. The Morgan fingerprint density at radius 1 is 0.941 bits per heavy atom. The van der Waals surface area contributed by atoms with Crippen molar-refractivity contribution in [3.8, 4) is 11.5 Å². The van der Waals surface area contributed by atoms with Gasteiger partial charge in [0.15, 0.2) is 11.6 Å². The Hall–Kier alpha value is -2.30. The summed E-state index contributed by atoms with van der Waals surface area (Å²) in [6.45, 7) is 0. The van der Waals surface area contributed by atoms with Crippen LogP contribution in [0.5, 0.6) is 11.5 Å². The van der Waals surface area contributed by atoms with Crippen LogP contribution < -0.4 is 5.73 Å². The van der Waals surface area contributed by atoms with Crippen molar-refractivity contribution in [2.75, 3.05) is 5.73 Å². The number of rotatable bonds is 0. The lowest BCUT2D eigenvalue weighted by molar-refractivity contribution is 0.428. The summed E-state index contributed by atoms with van der Waals surface area (Å²) in [7, 11) is 0. The van der Waals surface area contributed by atoms with E-state index in [9.17, 15) is 8.78 Å². The predicted octanol–water partition coefficient (Wildman–Crippen LogP) is 2.64. The Kier molecular flexibility index (Phi) is 4.28. The maximum Gasteiger partial charge on any atom is 0.167 e. The molecule has 2 rings (SSSR count). The number of nitrogen functional groups attached to an aromatic ring is 1. The summed E-state index contributed by atoms with van der Waals surface area (Å²) in [6, 6.07) is 9.07. The van der Waals surface area contributed by atoms with Crippen LogP contribution in [-0.2, 0) is 0 Å². The normalized spacial score (nSPS) is 9.29. The second-order valence-corrected chi connectivity index (χ2v) is 3.19. The van der Waals surface area contributed by atoms with E-state index >= 15 is 0 Å². The fourth-order valence-electron chi connectivity index (χ4n) is 1.01. The Labute approximate surface area is 96.8 Å². The van der Waals surface area contributed by atoms with Crippen molar-refractivity contribution < 1.29 is 19.0 Å². The Morgan fingerprint density at radius 2 is 1.65 bits per heavy atom. The smallest absolute Gasteiger partial charge is 0.167 e. The van der Waals surface area contributed by atoms with Gasteiger partial charge in [-0.05, 0) is 24.3 Å². The van der Waals surface area contributed by atoms with E-state index in [-0.39, 0.29) is 5.75 Å². The van der Waals surface area contributed by atoms with Crippen LogP contribution in [0.2, 0.25) is 0 Å². The largest absolute Gasteiger partial charge is 0.508 e. The highest BCUT2D eigenvalue weighted by atomic mass is 19.1. The van der Waals surface area contributed by atoms with Crippen molar-refractivity contribution in [1.29, 1.82) is 0 Å². The van der Waals surface area contributed by atoms with Crippen molar-refractivity contribution in [3.63, 3.8) is 0 Å². The zero-order valence-corrected chi connectivity index (χ0v) is 8.77. The third-order valence-electron chi connectivity index (χ3n) is 1.78. The first-order valence-corrected chi connectivity index (χ1v) is 4.67. The lowest BCUT2D eigenvalue weighted by Gasteiger charge is -1.91. The monoisotopic (exact) mass is 239 g/mol. The molecule has 4 N–H and O–H groups in total. The van der Waals surface area contributed by atoms with Gasteiger partial charge in [-0.3, -0.25) is 0 Å². The van der Waals surface area contributed by atoms with Gasteiger partial charge >= 0.3 is 0 Å². The van der Waals surface area contributed by atoms with E-state index in [0.29, 0.717) is 11.8 Å². The lowest BCUT2D eigenvalue weighted by Crippen LogP contribution is -1.80. The molecule has 17 heavy (non-hydrogen) atoms. The molecule has 0 aliphatic heterocycles. The quantitative estimate of drug-likeness (QED) is 0.619. The minimum Gasteiger partial charge on any atom is -0.508 e. The summed E-state index contributed by atoms with van der Waals surface area (Å²) >= 11 is 0. The number of phenols is 2. The van der Waals surface area contributed by atoms with Crippen LogP contribution in [0.3, 0.4) is 0 Å². The second-order valence-electron chi connectivity index (χ2n) is 3.19. The van der Waals surface area contributed by atoms with Crippen LogP contribution in [0.25, 0.3) is 0 Å². The van der Waals surface area contributed by atoms with Crippen molar-refractivity contribution in [2.24, 2.45) is 0 Å². The molecule has 0 saturated heterocycles. The van der Waals surface area contributed by atoms with E-state index in [1.165, 1.54) is 6.07 Å². The van der Waals surface area contributed by atoms with E-state index in [0.717, 1.165) is 12.1 Å². The summed E-state index contributed by atoms with van der Waals surface area (Å²) in [6.07, 6.45) is 0. The van der Waals surface area contributed by atoms with Crippen LogP contribution in [0, 0.1) is 11.6 Å². The van der Waals surface area contributed by atoms with Crippen molar-refractivity contribution in [1.82, 2.24) is 0 Å². The van der Waals surface area contributed by atoms with E-state index in [2.05, 4.69) is 0 Å². The van der Waals surface area contributed by atoms with E-state index < -0.39 is 17.4 Å². The summed E-state index contributed by atoms with van der Waals surface area (Å²) < 4.78 is 24.1. The maximum atomic E-state index is 12.1. The Balaban J connectivity index is 0.000000171. The molecule has 0 atom stereocenters. The van der Waals surface area contributed by atoms with Gasteiger partial charge < -0.3 is 15.9 Å². The van der Waals surface area contributed by atoms with Gasteiger partial charge in [-0.1, -0.05) is 6.07 Å². The molecule has 0 saturated carbocycles. The highest BCUT2D eigenvalue weighted by molar-refractivity contribution is 5.42. The van der Waals surface area contributed by atoms with Gasteiger partial charge in [0.05, 0.1) is 0 Å². The second kappa shape index (κ2) is 5.69. The molecule has 0 unspecified atom stereocenters. The average Bonchev–Trinajstić information content (AvgIpc) is 2.24. The number of hydrogen-bond donors (Lipinski definition) is 3. The van der Waals surface area contributed by atoms with Gasteiger partial charge in [-0.25, -0.2) is 8.78 Å². The maximum absolute atomic E-state index is 12.1. The Bertz CT molecular complexity index is 486. The SMILES string of the molecule is Nc1cccc(O)c1.Oc1ccc(F)cc1F. The van der Waals surface area contributed by atoms with Gasteiger partial charge in [-0.15, -0.1) is 0 Å². The molecule has 90 valence electrons. The van der Waals surface area contributed by atoms with Crippen molar-refractivity contribution in [2.45, 2.75) is 0 Å². The lowest BCUT2D eigenvalue weighted by atomic mass is 10.3. The van der Waals surface area contributed by atoms with Crippen LogP contribution >= 0.6 is 0 Å². The average molecular weight is 239 g/mol. The number of halogens is 2. The van der Waals surface area contributed by atoms with Crippen LogP contribution in [0.15, 0.2) is 42.5 Å². The van der Waals surface area contributed by atoms with Gasteiger partial charge in [0.25, 0.3) is 0 Å². The number of nitrogens with two attached hydrogens (primary N) is 1. The third kappa shape index (κ3) is 4.38. The van der Waals surface area contributed by atoms with E-state index in [4.69, 9.17) is 15.9 Å². The topological polar surface area (TPSA) is 66.5 Å². The van der Waals surface area contributed by atoms with Crippen LogP contribution in [0.1, 0.15) is 0 Å². The molecule has 2 aromatic carbocycles. The summed E-state index contributed by atoms with van der Waals surface area (Å²) in [4.78, 5) is 0. The summed E-state index contributed by atoms with van der Waals surface area (Å²) in [5.41, 5.74) is 5.89. The molecule has 2 aromatic rings. The fraction of sp³-hybridized carbons (Fsp3) is 0. The molecule has 0 amide bonds. The molecule has 0 radical (unpaired) electrons. The zero-order chi connectivity index (χ0) is 12.8. The molecule has 0 aromatic heterocycles. The molecular formula is C12H11F2NO2. The zero-order valence-electron chi connectivity index (χ0n) is 8.77. The van der Waals surface area contributed by atoms with Crippen molar-refractivity contribution >= 4 is 5.69 Å². The third-order valence-corrected chi connectivity index (χ3v) is 1.78. The van der Waals surface area contributed by atoms with Gasteiger partial charge in [-0.2, -0.15) is 0 Å². The minimum atomic E-state index is -0.935. The van der Waals surface area contributed by atoms with Crippen molar-refractivity contribution in [3.05, 3.63) is 54.1 Å². The predicted molar refractivity (Wildman–Crippen MR) is 60.5 cm³/mol. The van der Waals surface area contributed by atoms with Gasteiger partial charge in [0.2, 0.25) is 0 Å². The number of anilines is 1. The molecule has 0 heterocycles. The highest BCUT2D eigenvalue weighted by Crippen LogP contribution is 2.14. The van der Waals surface area contributed by atoms with Crippen LogP contribution in [0.4, 0.5) is 14.5 Å². The molecule has 0 spiro atoms. The summed E-state index contributed by atoms with van der Waals surface area (Å²) in [5, 5.41) is 17.2. The molecule has 0 aliphatic carbocycles. The number of phenolic OH excluding ortho intramolecular Hbond substituents is 2.